The molecule has 100 valence electrons. The van der Waals surface area contributed by atoms with Crippen LogP contribution in [0.1, 0.15) is 35.7 Å². The summed E-state index contributed by atoms with van der Waals surface area (Å²) in [6.07, 6.45) is -2.96. The van der Waals surface area contributed by atoms with Crippen LogP contribution in [0.4, 0.5) is 22.0 Å². The maximum atomic E-state index is 12.7. The van der Waals surface area contributed by atoms with Crippen molar-refractivity contribution >= 4 is 17.5 Å². The van der Waals surface area contributed by atoms with Gasteiger partial charge in [-0.3, -0.25) is 4.79 Å². The predicted octanol–water partition coefficient (Wildman–Crippen LogP) is 4.83. The van der Waals surface area contributed by atoms with Crippen LogP contribution in [-0.2, 0) is 0 Å². The van der Waals surface area contributed by atoms with Gasteiger partial charge in [0, 0.05) is 22.4 Å². The predicted molar refractivity (Wildman–Crippen MR) is 57.9 cm³/mol. The zero-order valence-electron chi connectivity index (χ0n) is 9.22. The molecule has 1 aromatic rings. The summed E-state index contributed by atoms with van der Waals surface area (Å²) in [6, 6.07) is 2.75. The number of hydrogen-bond acceptors (Lipinski definition) is 2. The van der Waals surface area contributed by atoms with Crippen LogP contribution in [0.2, 0.25) is 0 Å². The Morgan fingerprint density at radius 3 is 2.39 bits per heavy atom. The van der Waals surface area contributed by atoms with Crippen LogP contribution in [0.25, 0.3) is 0 Å². The van der Waals surface area contributed by atoms with Crippen LogP contribution < -0.4 is 0 Å². The van der Waals surface area contributed by atoms with Gasteiger partial charge in [-0.2, -0.15) is 13.2 Å². The minimum atomic E-state index is -4.55. The van der Waals surface area contributed by atoms with Crippen molar-refractivity contribution < 1.29 is 26.7 Å². The molecule has 0 atom stereocenters. The summed E-state index contributed by atoms with van der Waals surface area (Å²) in [4.78, 5) is 11.0. The SMILES string of the molecule is CCC(=O)c1ccc(SC(F)(F)F)cc1C(F)F. The average Bonchev–Trinajstić information content (AvgIpc) is 2.25. The van der Waals surface area contributed by atoms with Gasteiger partial charge in [-0.25, -0.2) is 8.78 Å². The van der Waals surface area contributed by atoms with Gasteiger partial charge in [-0.05, 0) is 30.0 Å². The number of benzene rings is 1. The van der Waals surface area contributed by atoms with E-state index in [1.54, 1.807) is 0 Å². The number of carbonyl (C=O) groups is 1. The van der Waals surface area contributed by atoms with E-state index in [4.69, 9.17) is 0 Å². The van der Waals surface area contributed by atoms with E-state index in [0.717, 1.165) is 12.1 Å². The molecule has 0 aliphatic heterocycles. The van der Waals surface area contributed by atoms with Crippen LogP contribution in [0.5, 0.6) is 0 Å². The third-order valence-electron chi connectivity index (χ3n) is 2.11. The molecule has 18 heavy (non-hydrogen) atoms. The molecule has 0 spiro atoms. The monoisotopic (exact) mass is 284 g/mol. The zero-order chi connectivity index (χ0) is 13.9. The third kappa shape index (κ3) is 3.97. The minimum Gasteiger partial charge on any atom is -0.294 e. The molecule has 1 aromatic carbocycles. The Balaban J connectivity index is 3.15. The van der Waals surface area contributed by atoms with Crippen molar-refractivity contribution in [2.45, 2.75) is 30.2 Å². The van der Waals surface area contributed by atoms with Crippen LogP contribution in [0.15, 0.2) is 23.1 Å². The topological polar surface area (TPSA) is 17.1 Å². The minimum absolute atomic E-state index is 0.0193. The molecule has 0 aromatic heterocycles. The molecule has 0 amide bonds. The molecule has 1 rings (SSSR count). The highest BCUT2D eigenvalue weighted by Crippen LogP contribution is 2.38. The fraction of sp³-hybridized carbons (Fsp3) is 0.364. The Labute approximate surface area is 104 Å². The molecule has 0 aliphatic rings. The highest BCUT2D eigenvalue weighted by Gasteiger charge is 2.30. The van der Waals surface area contributed by atoms with E-state index in [9.17, 15) is 26.7 Å². The summed E-state index contributed by atoms with van der Waals surface area (Å²) in [5.74, 6) is -0.520. The van der Waals surface area contributed by atoms with Gasteiger partial charge in [0.15, 0.2) is 5.78 Å². The Morgan fingerprint density at radius 2 is 1.94 bits per heavy atom. The van der Waals surface area contributed by atoms with Gasteiger partial charge in [-0.1, -0.05) is 6.92 Å². The Hall–Kier alpha value is -1.11. The van der Waals surface area contributed by atoms with Crippen molar-refractivity contribution in [3.8, 4) is 0 Å². The summed E-state index contributed by atoms with van der Waals surface area (Å²) < 4.78 is 61.7. The average molecular weight is 284 g/mol. The van der Waals surface area contributed by atoms with E-state index in [1.165, 1.54) is 6.92 Å². The zero-order valence-corrected chi connectivity index (χ0v) is 10.0. The van der Waals surface area contributed by atoms with Crippen LogP contribution >= 0.6 is 11.8 Å². The maximum absolute atomic E-state index is 12.7. The molecule has 7 heteroatoms. The van der Waals surface area contributed by atoms with Gasteiger partial charge in [0.1, 0.15) is 0 Å². The number of halogens is 5. The van der Waals surface area contributed by atoms with Gasteiger partial charge in [0.05, 0.1) is 0 Å². The number of alkyl halides is 5. The van der Waals surface area contributed by atoms with Crippen LogP contribution in [0.3, 0.4) is 0 Å². The van der Waals surface area contributed by atoms with Crippen molar-refractivity contribution in [3.63, 3.8) is 0 Å². The maximum Gasteiger partial charge on any atom is 0.446 e. The molecule has 0 saturated heterocycles. The van der Waals surface area contributed by atoms with Crippen molar-refractivity contribution in [3.05, 3.63) is 29.3 Å². The van der Waals surface area contributed by atoms with E-state index in [2.05, 4.69) is 0 Å². The summed E-state index contributed by atoms with van der Waals surface area (Å²) in [6.45, 7) is 1.50. The van der Waals surface area contributed by atoms with Crippen molar-refractivity contribution in [1.29, 1.82) is 0 Å². The molecule has 0 heterocycles. The summed E-state index contributed by atoms with van der Waals surface area (Å²) in [5, 5.41) is 0. The standard InChI is InChI=1S/C11H9F5OS/c1-2-9(17)7-4-3-6(18-11(14,15)16)5-8(7)10(12)13/h3-5,10H,2H2,1H3. The van der Waals surface area contributed by atoms with Gasteiger partial charge >= 0.3 is 5.51 Å². The number of carbonyl (C=O) groups excluding carboxylic acids is 1. The first-order valence-electron chi connectivity index (χ1n) is 4.95. The first-order valence-corrected chi connectivity index (χ1v) is 5.77. The van der Waals surface area contributed by atoms with Gasteiger partial charge in [-0.15, -0.1) is 0 Å². The normalized spacial score (nSPS) is 11.9. The number of Topliss-reactive ketones (excluding diaryl/α,β-unsaturated/α-hetero) is 1. The fourth-order valence-corrected chi connectivity index (χ4v) is 1.95. The van der Waals surface area contributed by atoms with Crippen molar-refractivity contribution in [2.75, 3.05) is 0 Å². The van der Waals surface area contributed by atoms with Crippen LogP contribution in [0, 0.1) is 0 Å². The molecular formula is C11H9F5OS. The Bertz CT molecular complexity index is 442. The van der Waals surface area contributed by atoms with E-state index in [1.807, 2.05) is 0 Å². The van der Waals surface area contributed by atoms with Gasteiger partial charge in [0.25, 0.3) is 6.43 Å². The van der Waals surface area contributed by atoms with E-state index in [-0.39, 0.29) is 16.9 Å². The summed E-state index contributed by atoms with van der Waals surface area (Å²) in [5.41, 5.74) is -5.43. The quantitative estimate of drug-likeness (QED) is 0.447. The van der Waals surface area contributed by atoms with Crippen molar-refractivity contribution in [2.24, 2.45) is 0 Å². The molecule has 0 N–H and O–H groups in total. The second-order valence-electron chi connectivity index (χ2n) is 3.37. The smallest absolute Gasteiger partial charge is 0.294 e. The lowest BCUT2D eigenvalue weighted by Crippen LogP contribution is -2.04. The lowest BCUT2D eigenvalue weighted by Gasteiger charge is -2.11. The Kier molecular flexibility index (Phi) is 4.72. The first-order chi connectivity index (χ1) is 8.24. The number of hydrogen-bond donors (Lipinski definition) is 0. The molecule has 0 unspecified atom stereocenters. The van der Waals surface area contributed by atoms with E-state index in [0.29, 0.717) is 6.07 Å². The van der Waals surface area contributed by atoms with Crippen molar-refractivity contribution in [1.82, 2.24) is 0 Å². The largest absolute Gasteiger partial charge is 0.446 e. The van der Waals surface area contributed by atoms with Gasteiger partial charge < -0.3 is 0 Å². The number of thioether (sulfide) groups is 1. The first kappa shape index (κ1) is 14.9. The molecule has 0 aliphatic carbocycles. The number of ketones is 1. The fourth-order valence-electron chi connectivity index (χ4n) is 1.36. The van der Waals surface area contributed by atoms with E-state index >= 15 is 0 Å². The van der Waals surface area contributed by atoms with Gasteiger partial charge in [0.2, 0.25) is 0 Å². The Morgan fingerprint density at radius 1 is 1.33 bits per heavy atom. The molecule has 0 radical (unpaired) electrons. The molecule has 0 fully saturated rings. The van der Waals surface area contributed by atoms with Crippen LogP contribution in [-0.4, -0.2) is 11.3 Å². The van der Waals surface area contributed by atoms with E-state index < -0.39 is 35.0 Å². The molecular weight excluding hydrogens is 275 g/mol. The summed E-state index contributed by atoms with van der Waals surface area (Å²) >= 11 is -0.484. The molecule has 1 nitrogen and oxygen atoms in total. The lowest BCUT2D eigenvalue weighted by atomic mass is 10.0. The second kappa shape index (κ2) is 5.69. The number of rotatable bonds is 4. The third-order valence-corrected chi connectivity index (χ3v) is 2.83. The second-order valence-corrected chi connectivity index (χ2v) is 4.51. The highest BCUT2D eigenvalue weighted by atomic mass is 32.2. The molecule has 0 bridgehead atoms. The summed E-state index contributed by atoms with van der Waals surface area (Å²) in [7, 11) is 0. The highest BCUT2D eigenvalue weighted by molar-refractivity contribution is 8.00. The molecule has 0 saturated carbocycles. The lowest BCUT2D eigenvalue weighted by molar-refractivity contribution is -0.0328.